The van der Waals surface area contributed by atoms with E-state index < -0.39 is 11.9 Å². The highest BCUT2D eigenvalue weighted by Crippen LogP contribution is 2.40. The van der Waals surface area contributed by atoms with E-state index in [0.29, 0.717) is 24.3 Å². The second-order valence-electron chi connectivity index (χ2n) is 10.9. The molecule has 0 radical (unpaired) electrons. The fraction of sp³-hybridized carbons (Fsp3) is 0.258. The number of likely N-dealkylation sites (tertiary alicyclic amines) is 1. The second-order valence-corrected chi connectivity index (χ2v) is 13.0. The van der Waals surface area contributed by atoms with Crippen LogP contribution in [0.25, 0.3) is 20.4 Å². The van der Waals surface area contributed by atoms with E-state index in [1.807, 2.05) is 48.5 Å². The summed E-state index contributed by atoms with van der Waals surface area (Å²) in [5.41, 5.74) is 3.40. The molecule has 8 rings (SSSR count). The molecule has 3 aromatic carbocycles. The number of carbonyl (C=O) groups is 3. The number of para-hydroxylation sites is 2. The molecule has 3 aliphatic rings. The number of amides is 3. The second kappa shape index (κ2) is 9.97. The third-order valence-electron chi connectivity index (χ3n) is 8.13. The van der Waals surface area contributed by atoms with Gasteiger partial charge in [-0.2, -0.15) is 0 Å². The molecular formula is C31H25N5O4S2. The van der Waals surface area contributed by atoms with Crippen molar-refractivity contribution in [2.75, 3.05) is 13.1 Å². The van der Waals surface area contributed by atoms with Crippen molar-refractivity contribution in [2.24, 2.45) is 0 Å². The molecule has 11 heteroatoms. The fourth-order valence-corrected chi connectivity index (χ4v) is 8.29. The zero-order chi connectivity index (χ0) is 28.4. The van der Waals surface area contributed by atoms with Gasteiger partial charge in [-0.05, 0) is 54.4 Å². The predicted octanol–water partition coefficient (Wildman–Crippen LogP) is 4.52. The summed E-state index contributed by atoms with van der Waals surface area (Å²) in [6, 6.07) is 21.2. The number of piperidine rings is 1. The van der Waals surface area contributed by atoms with Crippen molar-refractivity contribution in [1.29, 1.82) is 0 Å². The maximum atomic E-state index is 13.0. The third kappa shape index (κ3) is 4.36. The molecule has 1 atom stereocenters. The number of fused-ring (bicyclic) bond motifs is 3. The van der Waals surface area contributed by atoms with Crippen molar-refractivity contribution in [3.05, 3.63) is 87.9 Å². The normalized spacial score (nSPS) is 19.5. The summed E-state index contributed by atoms with van der Waals surface area (Å²) in [7, 11) is 0. The highest BCUT2D eigenvalue weighted by Gasteiger charge is 2.41. The minimum Gasteiger partial charge on any atom is -0.488 e. The van der Waals surface area contributed by atoms with Gasteiger partial charge < -0.3 is 9.64 Å². The lowest BCUT2D eigenvalue weighted by molar-refractivity contribution is -0.136. The molecule has 5 aromatic rings. The van der Waals surface area contributed by atoms with E-state index in [4.69, 9.17) is 14.7 Å². The van der Waals surface area contributed by atoms with Crippen LogP contribution in [-0.2, 0) is 16.1 Å². The average molecular weight is 596 g/mol. The molecular weight excluding hydrogens is 571 g/mol. The van der Waals surface area contributed by atoms with Crippen LogP contribution in [0.2, 0.25) is 0 Å². The van der Waals surface area contributed by atoms with Gasteiger partial charge in [-0.15, -0.1) is 22.7 Å². The fourth-order valence-electron chi connectivity index (χ4n) is 6.00. The lowest BCUT2D eigenvalue weighted by Gasteiger charge is -2.42. The van der Waals surface area contributed by atoms with Crippen LogP contribution in [0, 0.1) is 0 Å². The van der Waals surface area contributed by atoms with Crippen molar-refractivity contribution >= 4 is 60.8 Å². The molecule has 1 unspecified atom stereocenters. The molecule has 42 heavy (non-hydrogen) atoms. The summed E-state index contributed by atoms with van der Waals surface area (Å²) >= 11 is 3.42. The standard InChI is InChI=1S/C31H25N5O4S2/c37-26-12-11-23(28(38)34-26)36-14-17-13-18(9-10-20(17)31(36)39)40-19-15-35(16-19)27(29-32-21-5-1-3-7-24(21)41-29)30-33-22-6-2-4-8-25(22)42-30/h1-10,13,19,23,27H,11-12,14-16H2,(H,34,37,38). The molecule has 5 heterocycles. The van der Waals surface area contributed by atoms with Gasteiger partial charge in [0.25, 0.3) is 5.91 Å². The summed E-state index contributed by atoms with van der Waals surface area (Å²) in [5.74, 6) is -0.184. The first-order valence-corrected chi connectivity index (χ1v) is 15.5. The van der Waals surface area contributed by atoms with Crippen LogP contribution in [0.1, 0.15) is 44.8 Å². The Bertz CT molecular complexity index is 1750. The SMILES string of the molecule is O=C1CCC(N2Cc3cc(OC4CN(C(c5nc6ccccc6s5)c5nc6ccccc6s5)C4)ccc3C2=O)C(=O)N1. The van der Waals surface area contributed by atoms with Gasteiger partial charge in [0.1, 0.15) is 34.0 Å². The van der Waals surface area contributed by atoms with E-state index in [2.05, 4.69) is 22.3 Å². The van der Waals surface area contributed by atoms with Crippen molar-refractivity contribution in [3.8, 4) is 5.75 Å². The molecule has 0 spiro atoms. The number of hydrogen-bond acceptors (Lipinski definition) is 9. The first-order valence-electron chi connectivity index (χ1n) is 13.9. The Kier molecular flexibility index (Phi) is 6.06. The summed E-state index contributed by atoms with van der Waals surface area (Å²) in [6.45, 7) is 1.76. The lowest BCUT2D eigenvalue weighted by atomic mass is 10.0. The Morgan fingerprint density at radius 2 is 1.55 bits per heavy atom. The Hall–Kier alpha value is -4.19. The predicted molar refractivity (Wildman–Crippen MR) is 160 cm³/mol. The van der Waals surface area contributed by atoms with E-state index in [1.54, 1.807) is 33.6 Å². The first kappa shape index (κ1) is 25.5. The van der Waals surface area contributed by atoms with Crippen LogP contribution in [0.4, 0.5) is 0 Å². The molecule has 2 saturated heterocycles. The maximum absolute atomic E-state index is 13.0. The molecule has 9 nitrogen and oxygen atoms in total. The number of carbonyl (C=O) groups excluding carboxylic acids is 3. The molecule has 210 valence electrons. The van der Waals surface area contributed by atoms with E-state index in [1.165, 1.54) is 0 Å². The zero-order valence-electron chi connectivity index (χ0n) is 22.4. The van der Waals surface area contributed by atoms with Gasteiger partial charge in [-0.1, -0.05) is 24.3 Å². The van der Waals surface area contributed by atoms with Crippen molar-refractivity contribution in [2.45, 2.75) is 37.6 Å². The van der Waals surface area contributed by atoms with Gasteiger partial charge in [-0.3, -0.25) is 24.6 Å². The van der Waals surface area contributed by atoms with E-state index in [-0.39, 0.29) is 30.4 Å². The number of aromatic nitrogens is 2. The smallest absolute Gasteiger partial charge is 0.255 e. The van der Waals surface area contributed by atoms with E-state index in [0.717, 1.165) is 49.1 Å². The summed E-state index contributed by atoms with van der Waals surface area (Å²) in [6.07, 6.45) is 0.562. The number of hydrogen-bond donors (Lipinski definition) is 1. The number of nitrogens with zero attached hydrogens (tertiary/aromatic N) is 4. The monoisotopic (exact) mass is 595 g/mol. The highest BCUT2D eigenvalue weighted by atomic mass is 32.1. The number of thiazole rings is 2. The molecule has 2 aromatic heterocycles. The highest BCUT2D eigenvalue weighted by molar-refractivity contribution is 7.20. The quantitative estimate of drug-likeness (QED) is 0.288. The minimum atomic E-state index is -0.630. The Labute approximate surface area is 248 Å². The number of nitrogens with one attached hydrogen (secondary N) is 1. The van der Waals surface area contributed by atoms with Crippen LogP contribution >= 0.6 is 22.7 Å². The van der Waals surface area contributed by atoms with Crippen molar-refractivity contribution in [3.63, 3.8) is 0 Å². The molecule has 3 aliphatic heterocycles. The van der Waals surface area contributed by atoms with Crippen LogP contribution in [0.5, 0.6) is 5.75 Å². The Morgan fingerprint density at radius 1 is 0.881 bits per heavy atom. The minimum absolute atomic E-state index is 0.0161. The van der Waals surface area contributed by atoms with Crippen LogP contribution in [-0.4, -0.2) is 62.7 Å². The summed E-state index contributed by atoms with van der Waals surface area (Å²) in [4.78, 5) is 50.9. The van der Waals surface area contributed by atoms with Gasteiger partial charge in [0.15, 0.2) is 0 Å². The van der Waals surface area contributed by atoms with Gasteiger partial charge in [0.2, 0.25) is 11.8 Å². The number of rotatable bonds is 6. The van der Waals surface area contributed by atoms with E-state index >= 15 is 0 Å². The van der Waals surface area contributed by atoms with Crippen LogP contribution in [0.3, 0.4) is 0 Å². The number of ether oxygens (including phenoxy) is 1. The van der Waals surface area contributed by atoms with Gasteiger partial charge in [0.05, 0.1) is 20.4 Å². The lowest BCUT2D eigenvalue weighted by Crippen LogP contribution is -2.55. The molecule has 1 N–H and O–H groups in total. The Morgan fingerprint density at radius 3 is 2.19 bits per heavy atom. The maximum Gasteiger partial charge on any atom is 0.255 e. The van der Waals surface area contributed by atoms with Crippen LogP contribution in [0.15, 0.2) is 66.7 Å². The van der Waals surface area contributed by atoms with Gasteiger partial charge in [0, 0.05) is 31.6 Å². The number of benzene rings is 3. The molecule has 0 bridgehead atoms. The summed E-state index contributed by atoms with van der Waals surface area (Å²) in [5, 5.41) is 4.40. The number of imide groups is 1. The zero-order valence-corrected chi connectivity index (χ0v) is 24.0. The summed E-state index contributed by atoms with van der Waals surface area (Å²) < 4.78 is 8.68. The van der Waals surface area contributed by atoms with Crippen LogP contribution < -0.4 is 10.1 Å². The molecule has 2 fully saturated rings. The van der Waals surface area contributed by atoms with Gasteiger partial charge in [-0.25, -0.2) is 9.97 Å². The largest absolute Gasteiger partial charge is 0.488 e. The van der Waals surface area contributed by atoms with Crippen molar-refractivity contribution in [1.82, 2.24) is 25.1 Å². The molecule has 0 saturated carbocycles. The Balaban J connectivity index is 1.00. The molecule has 0 aliphatic carbocycles. The molecule has 3 amide bonds. The third-order valence-corrected chi connectivity index (χ3v) is 10.3. The average Bonchev–Trinajstić information content (AvgIpc) is 3.67. The van der Waals surface area contributed by atoms with Crippen molar-refractivity contribution < 1.29 is 19.1 Å². The first-order chi connectivity index (χ1) is 20.5. The van der Waals surface area contributed by atoms with Gasteiger partial charge >= 0.3 is 0 Å². The topological polar surface area (TPSA) is 105 Å². The van der Waals surface area contributed by atoms with E-state index in [9.17, 15) is 14.4 Å².